The number of anilines is 1. The molecule has 4 aromatic rings. The highest BCUT2D eigenvalue weighted by atomic mass is 35.5. The van der Waals surface area contributed by atoms with Crippen LogP contribution in [0.15, 0.2) is 57.4 Å². The van der Waals surface area contributed by atoms with Crippen molar-refractivity contribution in [2.45, 2.75) is 6.54 Å². The fraction of sp³-hybridized carbons (Fsp3) is 0.150. The van der Waals surface area contributed by atoms with Crippen LogP contribution >= 0.6 is 23.2 Å². The molecular weight excluding hydrogens is 441 g/mol. The van der Waals surface area contributed by atoms with E-state index in [4.69, 9.17) is 23.2 Å². The van der Waals surface area contributed by atoms with Gasteiger partial charge >= 0.3 is 5.69 Å². The first kappa shape index (κ1) is 20.8. The number of halogens is 2. The molecule has 158 valence electrons. The summed E-state index contributed by atoms with van der Waals surface area (Å²) in [5.41, 5.74) is 4.07. The first-order chi connectivity index (χ1) is 14.9. The zero-order valence-corrected chi connectivity index (χ0v) is 18.1. The summed E-state index contributed by atoms with van der Waals surface area (Å²) in [6.45, 7) is 0.258. The monoisotopic (exact) mass is 457 g/mol. The number of nitrogens with zero attached hydrogens (tertiary/aromatic N) is 6. The first-order valence-electron chi connectivity index (χ1n) is 9.16. The van der Waals surface area contributed by atoms with E-state index in [1.807, 2.05) is 0 Å². The fourth-order valence-corrected chi connectivity index (χ4v) is 3.44. The fourth-order valence-electron chi connectivity index (χ4n) is 3.12. The smallest absolute Gasteiger partial charge is 0.298 e. The molecule has 11 heteroatoms. The number of hydrogen-bond donors (Lipinski definition) is 1. The van der Waals surface area contributed by atoms with Gasteiger partial charge in [-0.3, -0.25) is 23.5 Å². The molecule has 3 aromatic heterocycles. The third-order valence-electron chi connectivity index (χ3n) is 4.76. The molecule has 0 unspecified atom stereocenters. The van der Waals surface area contributed by atoms with Crippen molar-refractivity contribution in [2.24, 2.45) is 19.2 Å². The summed E-state index contributed by atoms with van der Waals surface area (Å²) < 4.78 is 4.01. The highest BCUT2D eigenvalue weighted by Crippen LogP contribution is 2.24. The van der Waals surface area contributed by atoms with Gasteiger partial charge in [0.05, 0.1) is 22.8 Å². The molecule has 0 aliphatic carbocycles. The minimum absolute atomic E-state index is 0.245. The van der Waals surface area contributed by atoms with Crippen LogP contribution in [-0.4, -0.2) is 29.9 Å². The summed E-state index contributed by atoms with van der Waals surface area (Å²) in [4.78, 5) is 33.7. The zero-order valence-electron chi connectivity index (χ0n) is 16.6. The lowest BCUT2D eigenvalue weighted by Gasteiger charge is -2.10. The van der Waals surface area contributed by atoms with Crippen LogP contribution in [0.4, 0.5) is 5.95 Å². The van der Waals surface area contributed by atoms with Gasteiger partial charge in [0.2, 0.25) is 5.95 Å². The van der Waals surface area contributed by atoms with E-state index in [1.165, 1.54) is 11.6 Å². The number of hydrogen-bond acceptors (Lipinski definition) is 6. The number of fused-ring (bicyclic) bond motifs is 1. The average Bonchev–Trinajstić information content (AvgIpc) is 3.12. The minimum atomic E-state index is -0.469. The number of benzene rings is 1. The van der Waals surface area contributed by atoms with Crippen LogP contribution in [0.5, 0.6) is 0 Å². The average molecular weight is 458 g/mol. The molecule has 1 aromatic carbocycles. The van der Waals surface area contributed by atoms with Crippen LogP contribution in [0, 0.1) is 0 Å². The van der Waals surface area contributed by atoms with Gasteiger partial charge in [0.1, 0.15) is 0 Å². The van der Waals surface area contributed by atoms with Crippen molar-refractivity contribution >= 4 is 46.5 Å². The second kappa shape index (κ2) is 8.37. The molecule has 1 N–H and O–H groups in total. The topological polar surface area (TPSA) is 99.1 Å². The third kappa shape index (κ3) is 3.97. The van der Waals surface area contributed by atoms with Gasteiger partial charge in [0.15, 0.2) is 11.2 Å². The van der Waals surface area contributed by atoms with E-state index in [9.17, 15) is 9.59 Å². The number of pyridine rings is 1. The summed E-state index contributed by atoms with van der Waals surface area (Å²) in [5.74, 6) is 0.296. The molecule has 0 fully saturated rings. The van der Waals surface area contributed by atoms with Crippen molar-refractivity contribution in [3.05, 3.63) is 84.7 Å². The molecule has 0 radical (unpaired) electrons. The van der Waals surface area contributed by atoms with E-state index in [1.54, 1.807) is 60.6 Å². The molecule has 0 bridgehead atoms. The summed E-state index contributed by atoms with van der Waals surface area (Å²) in [6, 6.07) is 8.79. The van der Waals surface area contributed by atoms with E-state index in [0.717, 1.165) is 15.7 Å². The van der Waals surface area contributed by atoms with Crippen molar-refractivity contribution in [1.82, 2.24) is 23.7 Å². The molecule has 4 rings (SSSR count). The van der Waals surface area contributed by atoms with Crippen molar-refractivity contribution in [3.63, 3.8) is 0 Å². The predicted octanol–water partition coefficient (Wildman–Crippen LogP) is 2.63. The predicted molar refractivity (Wildman–Crippen MR) is 121 cm³/mol. The number of aromatic nitrogens is 5. The lowest BCUT2D eigenvalue weighted by atomic mass is 10.2. The van der Waals surface area contributed by atoms with Gasteiger partial charge in [0, 0.05) is 26.5 Å². The lowest BCUT2D eigenvalue weighted by Crippen LogP contribution is -2.37. The SMILES string of the molecule is Cn1c(=O)c2c(nc(N/N=C\c3ccncc3)n2Cc2ccc(Cl)c(Cl)c2)n(C)c1=O. The maximum absolute atomic E-state index is 12.9. The summed E-state index contributed by atoms with van der Waals surface area (Å²) >= 11 is 12.2. The van der Waals surface area contributed by atoms with Gasteiger partial charge in [-0.1, -0.05) is 29.3 Å². The van der Waals surface area contributed by atoms with Crippen molar-refractivity contribution < 1.29 is 0 Å². The van der Waals surface area contributed by atoms with Gasteiger partial charge in [-0.15, -0.1) is 0 Å². The van der Waals surface area contributed by atoms with Crippen LogP contribution in [0.3, 0.4) is 0 Å². The highest BCUT2D eigenvalue weighted by Gasteiger charge is 2.19. The second-order valence-corrected chi connectivity index (χ2v) is 7.61. The Morgan fingerprint density at radius 3 is 2.52 bits per heavy atom. The first-order valence-corrected chi connectivity index (χ1v) is 9.91. The van der Waals surface area contributed by atoms with Crippen molar-refractivity contribution in [3.8, 4) is 0 Å². The standard InChI is InChI=1S/C20H17Cl2N7O2/c1-27-17-16(18(30)28(2)20(27)31)29(11-13-3-4-14(21)15(22)9-13)19(25-17)26-24-10-12-5-7-23-8-6-12/h3-10H,11H2,1-2H3,(H,25,26)/b24-10-. The highest BCUT2D eigenvalue weighted by molar-refractivity contribution is 6.42. The van der Waals surface area contributed by atoms with Gasteiger partial charge < -0.3 is 0 Å². The molecule has 9 nitrogen and oxygen atoms in total. The van der Waals surface area contributed by atoms with Crippen molar-refractivity contribution in [1.29, 1.82) is 0 Å². The van der Waals surface area contributed by atoms with E-state index < -0.39 is 11.2 Å². The molecular formula is C20H17Cl2N7O2. The zero-order chi connectivity index (χ0) is 22.1. The Bertz CT molecular complexity index is 1420. The normalized spacial score (nSPS) is 11.5. The third-order valence-corrected chi connectivity index (χ3v) is 5.50. The van der Waals surface area contributed by atoms with Gasteiger partial charge in [-0.2, -0.15) is 10.1 Å². The Morgan fingerprint density at radius 2 is 1.81 bits per heavy atom. The van der Waals surface area contributed by atoms with E-state index >= 15 is 0 Å². The molecule has 3 heterocycles. The second-order valence-electron chi connectivity index (χ2n) is 6.80. The summed E-state index contributed by atoms with van der Waals surface area (Å²) in [6.07, 6.45) is 4.91. The van der Waals surface area contributed by atoms with E-state index in [0.29, 0.717) is 16.0 Å². The van der Waals surface area contributed by atoms with Crippen LogP contribution in [-0.2, 0) is 20.6 Å². The van der Waals surface area contributed by atoms with Gasteiger partial charge in [-0.05, 0) is 35.4 Å². The van der Waals surface area contributed by atoms with E-state index in [2.05, 4.69) is 20.5 Å². The Balaban J connectivity index is 1.84. The Hall–Kier alpha value is -3.43. The number of hydrazone groups is 1. The Labute approximate surface area is 186 Å². The van der Waals surface area contributed by atoms with Crippen LogP contribution < -0.4 is 16.7 Å². The maximum atomic E-state index is 12.9. The van der Waals surface area contributed by atoms with E-state index in [-0.39, 0.29) is 17.7 Å². The number of rotatable bonds is 5. The quantitative estimate of drug-likeness (QED) is 0.366. The summed E-state index contributed by atoms with van der Waals surface area (Å²) in [7, 11) is 2.99. The lowest BCUT2D eigenvalue weighted by molar-refractivity contribution is 0.702. The summed E-state index contributed by atoms with van der Waals surface area (Å²) in [5, 5.41) is 5.04. The Kier molecular flexibility index (Phi) is 5.62. The molecule has 31 heavy (non-hydrogen) atoms. The van der Waals surface area contributed by atoms with Crippen LogP contribution in [0.25, 0.3) is 11.2 Å². The Morgan fingerprint density at radius 1 is 1.06 bits per heavy atom. The number of aryl methyl sites for hydroxylation is 1. The number of imidazole rings is 1. The molecule has 0 saturated carbocycles. The molecule has 0 amide bonds. The molecule has 0 atom stereocenters. The van der Waals surface area contributed by atoms with Crippen LogP contribution in [0.1, 0.15) is 11.1 Å². The molecule has 0 aliphatic heterocycles. The van der Waals surface area contributed by atoms with Gasteiger partial charge in [0.25, 0.3) is 5.56 Å². The number of nitrogens with one attached hydrogen (secondary N) is 1. The van der Waals surface area contributed by atoms with Crippen LogP contribution in [0.2, 0.25) is 10.0 Å². The molecule has 0 spiro atoms. The van der Waals surface area contributed by atoms with Crippen molar-refractivity contribution in [2.75, 3.05) is 5.43 Å². The molecule has 0 saturated heterocycles. The van der Waals surface area contributed by atoms with Gasteiger partial charge in [-0.25, -0.2) is 10.2 Å². The molecule has 0 aliphatic rings. The maximum Gasteiger partial charge on any atom is 0.332 e. The largest absolute Gasteiger partial charge is 0.332 e. The minimum Gasteiger partial charge on any atom is -0.298 e.